The molecule has 0 rings (SSSR count). The molecule has 0 aliphatic heterocycles. The number of hydrogen-bond acceptors (Lipinski definition) is 2. The number of ether oxygens (including phenoxy) is 1. The third kappa shape index (κ3) is 3.36. The van der Waals surface area contributed by atoms with Gasteiger partial charge in [-0.2, -0.15) is 57.1 Å². The van der Waals surface area contributed by atoms with Gasteiger partial charge in [-0.05, 0) is 13.0 Å². The molecule has 0 saturated heterocycles. The summed E-state index contributed by atoms with van der Waals surface area (Å²) in [7, 11) is 0. The van der Waals surface area contributed by atoms with Gasteiger partial charge in [0.1, 0.15) is 0 Å². The van der Waals surface area contributed by atoms with E-state index in [9.17, 15) is 57.1 Å². The average Bonchev–Trinajstić information content (AvgIpc) is 2.36. The molecule has 2 nitrogen and oxygen atoms in total. The zero-order valence-corrected chi connectivity index (χ0v) is 11.0. The van der Waals surface area contributed by atoms with Gasteiger partial charge in [0.2, 0.25) is 0 Å². The van der Waals surface area contributed by atoms with E-state index in [4.69, 9.17) is 5.73 Å². The Bertz CT molecular complexity index is 430. The fraction of sp³-hybridized carbons (Fsp3) is 1.00. The van der Waals surface area contributed by atoms with Crippen molar-refractivity contribution in [1.82, 2.24) is 0 Å². The van der Waals surface area contributed by atoms with E-state index < -0.39 is 55.5 Å². The third-order valence-electron chi connectivity index (χ3n) is 2.54. The van der Waals surface area contributed by atoms with E-state index in [1.807, 2.05) is 0 Å². The Balaban J connectivity index is 5.92. The van der Waals surface area contributed by atoms with Crippen LogP contribution in [-0.2, 0) is 4.74 Å². The average molecular weight is 393 g/mol. The van der Waals surface area contributed by atoms with Crippen molar-refractivity contribution < 1.29 is 61.8 Å². The van der Waals surface area contributed by atoms with Crippen molar-refractivity contribution in [2.75, 3.05) is 13.2 Å². The molecule has 0 bridgehead atoms. The van der Waals surface area contributed by atoms with Gasteiger partial charge in [0.15, 0.2) is 0 Å². The van der Waals surface area contributed by atoms with Crippen molar-refractivity contribution in [2.24, 2.45) is 5.73 Å². The first-order chi connectivity index (χ1) is 10.3. The molecule has 0 aromatic carbocycles. The molecule has 0 radical (unpaired) electrons. The predicted octanol–water partition coefficient (Wildman–Crippen LogP) is 4.05. The third-order valence-corrected chi connectivity index (χ3v) is 2.54. The van der Waals surface area contributed by atoms with E-state index in [0.29, 0.717) is 0 Å². The van der Waals surface area contributed by atoms with Crippen molar-refractivity contribution in [3.05, 3.63) is 0 Å². The van der Waals surface area contributed by atoms with Crippen molar-refractivity contribution in [2.45, 2.75) is 42.4 Å². The molecule has 0 aliphatic carbocycles. The summed E-state index contributed by atoms with van der Waals surface area (Å²) < 4.78 is 166. The molecule has 0 spiro atoms. The van der Waals surface area contributed by atoms with Crippen molar-refractivity contribution >= 4 is 0 Å². The molecule has 146 valence electrons. The molecule has 0 unspecified atom stereocenters. The van der Waals surface area contributed by atoms with Crippen molar-refractivity contribution in [3.63, 3.8) is 0 Å². The fourth-order valence-corrected chi connectivity index (χ4v) is 1.13. The van der Waals surface area contributed by atoms with Gasteiger partial charge >= 0.3 is 36.0 Å². The molecule has 0 amide bonds. The van der Waals surface area contributed by atoms with Gasteiger partial charge in [-0.15, -0.1) is 0 Å². The van der Waals surface area contributed by atoms with Gasteiger partial charge in [-0.25, -0.2) is 0 Å². The summed E-state index contributed by atoms with van der Waals surface area (Å²) in [4.78, 5) is 0. The van der Waals surface area contributed by atoms with Crippen LogP contribution in [0.5, 0.6) is 0 Å². The lowest BCUT2D eigenvalue weighted by Crippen LogP contribution is -2.70. The van der Waals surface area contributed by atoms with Crippen LogP contribution in [0.4, 0.5) is 57.1 Å². The van der Waals surface area contributed by atoms with E-state index in [1.54, 1.807) is 0 Å². The summed E-state index contributed by atoms with van der Waals surface area (Å²) in [5, 5.41) is 0. The smallest absolute Gasteiger partial charge is 0.330 e. The Morgan fingerprint density at radius 1 is 0.583 bits per heavy atom. The highest BCUT2D eigenvalue weighted by Gasteiger charge is 2.91. The first-order valence-electron chi connectivity index (χ1n) is 5.61. The maximum absolute atomic E-state index is 13.0. The van der Waals surface area contributed by atoms with Crippen LogP contribution in [0.3, 0.4) is 0 Å². The number of alkyl halides is 13. The van der Waals surface area contributed by atoms with E-state index in [2.05, 4.69) is 4.74 Å². The van der Waals surface area contributed by atoms with Gasteiger partial charge in [0, 0.05) is 0 Å². The summed E-state index contributed by atoms with van der Waals surface area (Å²) in [6.07, 6.45) is -14.6. The van der Waals surface area contributed by atoms with E-state index in [0.717, 1.165) is 0 Å². The quantitative estimate of drug-likeness (QED) is 0.499. The Hall–Kier alpha value is -0.990. The second-order valence-electron chi connectivity index (χ2n) is 4.30. The molecular formula is C9H8F13NO. The van der Waals surface area contributed by atoms with Crippen molar-refractivity contribution in [3.8, 4) is 0 Å². The van der Waals surface area contributed by atoms with Crippen molar-refractivity contribution in [1.29, 1.82) is 0 Å². The second kappa shape index (κ2) is 6.38. The lowest BCUT2D eigenvalue weighted by molar-refractivity contribution is -0.465. The number of nitrogens with two attached hydrogens (primary N) is 1. The maximum atomic E-state index is 13.0. The Kier molecular flexibility index (Phi) is 6.12. The van der Waals surface area contributed by atoms with Gasteiger partial charge in [-0.1, -0.05) is 0 Å². The van der Waals surface area contributed by atoms with Crippen LogP contribution in [0.2, 0.25) is 0 Å². The van der Waals surface area contributed by atoms with E-state index in [1.165, 1.54) is 0 Å². The molecule has 0 atom stereocenters. The summed E-state index contributed by atoms with van der Waals surface area (Å²) >= 11 is 0. The highest BCUT2D eigenvalue weighted by atomic mass is 19.4. The maximum Gasteiger partial charge on any atom is 0.460 e. The van der Waals surface area contributed by atoms with E-state index >= 15 is 0 Å². The fourth-order valence-electron chi connectivity index (χ4n) is 1.13. The molecule has 0 saturated carbocycles. The summed E-state index contributed by atoms with van der Waals surface area (Å²) in [6, 6.07) is 0. The summed E-state index contributed by atoms with van der Waals surface area (Å²) in [5.74, 6) is -30.9. The Labute approximate surface area is 124 Å². The molecule has 0 aliphatic rings. The first kappa shape index (κ1) is 23.0. The highest BCUT2D eigenvalue weighted by Crippen LogP contribution is 2.60. The normalized spacial score (nSPS) is 15.8. The SMILES string of the molecule is NCCCOC(F)(F)C(F)(F)C(F)(F)C(F)(F)C(F)(F)C(F)(F)F. The standard InChI is InChI=1S/C9H8F13NO/c10-4(11,6(14,15)8(18,19)20)5(12,13)7(16,17)9(21,22)24-3-1-2-23/h1-3,23H2. The van der Waals surface area contributed by atoms with Gasteiger partial charge < -0.3 is 10.5 Å². The molecule has 0 fully saturated rings. The van der Waals surface area contributed by atoms with Crippen LogP contribution in [0.15, 0.2) is 0 Å². The molecule has 0 heterocycles. The molecule has 0 aromatic heterocycles. The predicted molar refractivity (Wildman–Crippen MR) is 50.4 cm³/mol. The Morgan fingerprint density at radius 3 is 1.29 bits per heavy atom. The largest absolute Gasteiger partial charge is 0.460 e. The van der Waals surface area contributed by atoms with Gasteiger partial charge in [0.25, 0.3) is 0 Å². The topological polar surface area (TPSA) is 35.2 Å². The van der Waals surface area contributed by atoms with Gasteiger partial charge in [0.05, 0.1) is 6.61 Å². The van der Waals surface area contributed by atoms with Crippen LogP contribution in [0.25, 0.3) is 0 Å². The van der Waals surface area contributed by atoms with Crippen LogP contribution < -0.4 is 5.73 Å². The minimum Gasteiger partial charge on any atom is -0.330 e. The van der Waals surface area contributed by atoms with Gasteiger partial charge in [-0.3, -0.25) is 0 Å². The highest BCUT2D eigenvalue weighted by molar-refractivity contribution is 5.08. The molecule has 2 N–H and O–H groups in total. The van der Waals surface area contributed by atoms with E-state index in [-0.39, 0.29) is 0 Å². The summed E-state index contributed by atoms with van der Waals surface area (Å²) in [6.45, 7) is -1.99. The number of rotatable bonds is 8. The van der Waals surface area contributed by atoms with Crippen LogP contribution >= 0.6 is 0 Å². The summed E-state index contributed by atoms with van der Waals surface area (Å²) in [5.41, 5.74) is 4.72. The molecule has 24 heavy (non-hydrogen) atoms. The zero-order chi connectivity index (χ0) is 19.8. The number of halogens is 13. The number of hydrogen-bond donors (Lipinski definition) is 1. The zero-order valence-electron chi connectivity index (χ0n) is 11.0. The first-order valence-corrected chi connectivity index (χ1v) is 5.61. The second-order valence-corrected chi connectivity index (χ2v) is 4.30. The molecule has 0 aromatic rings. The van der Waals surface area contributed by atoms with Crippen LogP contribution in [-0.4, -0.2) is 49.1 Å². The minimum absolute atomic E-state index is 0.500. The monoisotopic (exact) mass is 393 g/mol. The lowest BCUT2D eigenvalue weighted by Gasteiger charge is -2.39. The Morgan fingerprint density at radius 2 is 0.958 bits per heavy atom. The minimum atomic E-state index is -7.91. The molecule has 15 heteroatoms. The molecular weight excluding hydrogens is 385 g/mol. The van der Waals surface area contributed by atoms with Crippen LogP contribution in [0.1, 0.15) is 6.42 Å². The van der Waals surface area contributed by atoms with Crippen LogP contribution in [0, 0.1) is 0 Å². The lowest BCUT2D eigenvalue weighted by atomic mass is 9.97.